The molecular weight excluding hydrogens is 302 g/mol. The Morgan fingerprint density at radius 3 is 2.75 bits per heavy atom. The highest BCUT2D eigenvalue weighted by Crippen LogP contribution is 2.25. The molecule has 5 nitrogen and oxygen atoms in total. The summed E-state index contributed by atoms with van der Waals surface area (Å²) in [6, 6.07) is 12.4. The van der Waals surface area contributed by atoms with Crippen LogP contribution in [-0.2, 0) is 13.1 Å². The number of benzene rings is 1. The third-order valence-corrected chi connectivity index (χ3v) is 4.70. The molecule has 0 bridgehead atoms. The van der Waals surface area contributed by atoms with Gasteiger partial charge in [0.15, 0.2) is 0 Å². The second-order valence-electron chi connectivity index (χ2n) is 6.28. The van der Waals surface area contributed by atoms with Crippen LogP contribution in [0.1, 0.15) is 17.5 Å². The molecular formula is C19H25N3O2. The molecule has 0 aliphatic carbocycles. The van der Waals surface area contributed by atoms with Crippen molar-refractivity contribution in [3.8, 4) is 5.75 Å². The van der Waals surface area contributed by atoms with Gasteiger partial charge in [-0.2, -0.15) is 0 Å². The minimum absolute atomic E-state index is 0.0947. The van der Waals surface area contributed by atoms with Gasteiger partial charge in [-0.25, -0.2) is 4.98 Å². The molecule has 1 atom stereocenters. The summed E-state index contributed by atoms with van der Waals surface area (Å²) in [7, 11) is 3.70. The monoisotopic (exact) mass is 327 g/mol. The van der Waals surface area contributed by atoms with E-state index in [0.717, 1.165) is 37.6 Å². The molecule has 1 N–H and O–H groups in total. The van der Waals surface area contributed by atoms with Crippen LogP contribution in [0.5, 0.6) is 5.75 Å². The Hall–Kier alpha value is -2.11. The van der Waals surface area contributed by atoms with Crippen molar-refractivity contribution >= 4 is 5.82 Å². The Kier molecular flexibility index (Phi) is 5.33. The van der Waals surface area contributed by atoms with E-state index in [-0.39, 0.29) is 12.6 Å². The molecule has 0 radical (unpaired) electrons. The van der Waals surface area contributed by atoms with Crippen molar-refractivity contribution in [3.05, 3.63) is 53.7 Å². The lowest BCUT2D eigenvalue weighted by molar-refractivity contribution is 0.205. The third kappa shape index (κ3) is 3.68. The Balaban J connectivity index is 1.81. The molecule has 1 aliphatic rings. The zero-order valence-electron chi connectivity index (χ0n) is 14.4. The van der Waals surface area contributed by atoms with E-state index < -0.39 is 0 Å². The van der Waals surface area contributed by atoms with Gasteiger partial charge in [-0.3, -0.25) is 4.90 Å². The van der Waals surface area contributed by atoms with Gasteiger partial charge in [-0.15, -0.1) is 0 Å². The fourth-order valence-corrected chi connectivity index (χ4v) is 3.23. The average Bonchev–Trinajstić information content (AvgIpc) is 2.61. The molecule has 1 aromatic carbocycles. The highest BCUT2D eigenvalue weighted by molar-refractivity contribution is 5.47. The summed E-state index contributed by atoms with van der Waals surface area (Å²) >= 11 is 0. The fraction of sp³-hybridized carbons (Fsp3) is 0.421. The number of methoxy groups -OCH3 is 1. The molecule has 0 saturated carbocycles. The van der Waals surface area contributed by atoms with E-state index >= 15 is 0 Å². The summed E-state index contributed by atoms with van der Waals surface area (Å²) in [5, 5.41) is 9.74. The van der Waals surface area contributed by atoms with Crippen LogP contribution in [0.25, 0.3) is 0 Å². The maximum Gasteiger partial charge on any atom is 0.133 e. The van der Waals surface area contributed by atoms with E-state index in [9.17, 15) is 5.11 Å². The van der Waals surface area contributed by atoms with Crippen molar-refractivity contribution in [2.75, 3.05) is 32.2 Å². The standard InChI is InChI=1S/C19H25N3O2/c1-21-17(14-23)9-11-22(13-16-4-3-10-20-19(16)21)12-15-5-7-18(24-2)8-6-15/h3-8,10,17,23H,9,11-14H2,1-2H3. The van der Waals surface area contributed by atoms with E-state index in [0.29, 0.717) is 0 Å². The Bertz CT molecular complexity index is 660. The molecule has 0 saturated heterocycles. The van der Waals surface area contributed by atoms with Gasteiger partial charge in [0.2, 0.25) is 0 Å². The van der Waals surface area contributed by atoms with Crippen LogP contribution >= 0.6 is 0 Å². The second-order valence-corrected chi connectivity index (χ2v) is 6.28. The molecule has 128 valence electrons. The zero-order chi connectivity index (χ0) is 16.9. The molecule has 2 aromatic rings. The van der Waals surface area contributed by atoms with Crippen molar-refractivity contribution in [3.63, 3.8) is 0 Å². The van der Waals surface area contributed by atoms with Gasteiger partial charge in [-0.05, 0) is 30.2 Å². The van der Waals surface area contributed by atoms with E-state index in [1.54, 1.807) is 7.11 Å². The number of aliphatic hydroxyl groups excluding tert-OH is 1. The molecule has 1 aromatic heterocycles. The van der Waals surface area contributed by atoms with Gasteiger partial charge >= 0.3 is 0 Å². The van der Waals surface area contributed by atoms with E-state index in [2.05, 4.69) is 33.0 Å². The SMILES string of the molecule is COc1ccc(CN2CCC(CO)N(C)c3ncccc3C2)cc1. The van der Waals surface area contributed by atoms with Crippen molar-refractivity contribution in [1.29, 1.82) is 0 Å². The predicted octanol–water partition coefficient (Wildman–Crippen LogP) is 2.29. The van der Waals surface area contributed by atoms with E-state index in [1.807, 2.05) is 31.4 Å². The number of ether oxygens (including phenoxy) is 1. The van der Waals surface area contributed by atoms with Crippen molar-refractivity contribution in [1.82, 2.24) is 9.88 Å². The van der Waals surface area contributed by atoms with E-state index in [4.69, 9.17) is 4.74 Å². The maximum absolute atomic E-state index is 9.74. The summed E-state index contributed by atoms with van der Waals surface area (Å²) in [5.41, 5.74) is 2.46. The number of pyridine rings is 1. The minimum Gasteiger partial charge on any atom is -0.497 e. The highest BCUT2D eigenvalue weighted by atomic mass is 16.5. The van der Waals surface area contributed by atoms with Gasteiger partial charge in [-0.1, -0.05) is 18.2 Å². The number of rotatable bonds is 4. The number of hydrogen-bond donors (Lipinski definition) is 1. The van der Waals surface area contributed by atoms with Crippen molar-refractivity contribution in [2.24, 2.45) is 0 Å². The lowest BCUT2D eigenvalue weighted by Gasteiger charge is -2.35. The van der Waals surface area contributed by atoms with Gasteiger partial charge < -0.3 is 14.7 Å². The van der Waals surface area contributed by atoms with Crippen molar-refractivity contribution < 1.29 is 9.84 Å². The van der Waals surface area contributed by atoms with Crippen LogP contribution in [0.4, 0.5) is 5.82 Å². The summed E-state index contributed by atoms with van der Waals surface area (Å²) in [6.07, 6.45) is 2.73. The first-order chi connectivity index (χ1) is 11.7. The summed E-state index contributed by atoms with van der Waals surface area (Å²) in [4.78, 5) is 9.06. The summed E-state index contributed by atoms with van der Waals surface area (Å²) in [6.45, 7) is 2.82. The first-order valence-corrected chi connectivity index (χ1v) is 8.34. The minimum atomic E-state index is 0.0947. The first-order valence-electron chi connectivity index (χ1n) is 8.34. The maximum atomic E-state index is 9.74. The number of nitrogens with zero attached hydrogens (tertiary/aromatic N) is 3. The molecule has 3 rings (SSSR count). The summed E-state index contributed by atoms with van der Waals surface area (Å²) in [5.74, 6) is 1.85. The smallest absolute Gasteiger partial charge is 0.133 e. The van der Waals surface area contributed by atoms with E-state index in [1.165, 1.54) is 11.1 Å². The van der Waals surface area contributed by atoms with Gasteiger partial charge in [0, 0.05) is 38.4 Å². The number of aromatic nitrogens is 1. The molecule has 1 aliphatic heterocycles. The molecule has 5 heteroatoms. The summed E-state index contributed by atoms with van der Waals surface area (Å²) < 4.78 is 5.23. The van der Waals surface area contributed by atoms with Crippen LogP contribution in [0.3, 0.4) is 0 Å². The lowest BCUT2D eigenvalue weighted by Crippen LogP contribution is -2.41. The van der Waals surface area contributed by atoms with Crippen molar-refractivity contribution in [2.45, 2.75) is 25.6 Å². The Morgan fingerprint density at radius 1 is 1.25 bits per heavy atom. The largest absolute Gasteiger partial charge is 0.497 e. The van der Waals surface area contributed by atoms with Crippen LogP contribution in [0.2, 0.25) is 0 Å². The quantitative estimate of drug-likeness (QED) is 0.934. The molecule has 0 fully saturated rings. The second kappa shape index (κ2) is 7.64. The number of anilines is 1. The zero-order valence-corrected chi connectivity index (χ0v) is 14.4. The molecule has 0 amide bonds. The molecule has 2 heterocycles. The molecule has 1 unspecified atom stereocenters. The number of hydrogen-bond acceptors (Lipinski definition) is 5. The third-order valence-electron chi connectivity index (χ3n) is 4.70. The van der Waals surface area contributed by atoms with Crippen LogP contribution in [0.15, 0.2) is 42.6 Å². The number of aliphatic hydroxyl groups is 1. The highest BCUT2D eigenvalue weighted by Gasteiger charge is 2.23. The normalized spacial score (nSPS) is 18.6. The molecule has 24 heavy (non-hydrogen) atoms. The van der Waals surface area contributed by atoms with Gasteiger partial charge in [0.1, 0.15) is 11.6 Å². The topological polar surface area (TPSA) is 48.8 Å². The average molecular weight is 327 g/mol. The number of fused-ring (bicyclic) bond motifs is 1. The fourth-order valence-electron chi connectivity index (χ4n) is 3.23. The van der Waals surface area contributed by atoms with Crippen LogP contribution in [0, 0.1) is 0 Å². The first kappa shape index (κ1) is 16.7. The number of likely N-dealkylation sites (N-methyl/N-ethyl adjacent to an activating group) is 1. The van der Waals surface area contributed by atoms with Crippen LogP contribution in [-0.4, -0.2) is 48.3 Å². The predicted molar refractivity (Wildman–Crippen MR) is 95.2 cm³/mol. The van der Waals surface area contributed by atoms with Gasteiger partial charge in [0.05, 0.1) is 19.8 Å². The van der Waals surface area contributed by atoms with Gasteiger partial charge in [0.25, 0.3) is 0 Å². The lowest BCUT2D eigenvalue weighted by atomic mass is 10.1. The van der Waals surface area contributed by atoms with Crippen LogP contribution < -0.4 is 9.64 Å². The molecule has 0 spiro atoms. The Labute approximate surface area is 143 Å². The Morgan fingerprint density at radius 2 is 2.04 bits per heavy atom.